The quantitative estimate of drug-likeness (QED) is 0.673. The Balaban J connectivity index is 1.52. The van der Waals surface area contributed by atoms with Gasteiger partial charge in [-0.2, -0.15) is 0 Å². The third-order valence-corrected chi connectivity index (χ3v) is 3.53. The number of morpholine rings is 2. The van der Waals surface area contributed by atoms with Gasteiger partial charge in [0, 0.05) is 39.3 Å². The smallest absolute Gasteiger partial charge is 0.0674 e. The standard InChI is InChI=1S/C13H26N2O3/c1-13(12-15-4-9-17-10-5-15)18-11-6-14-2-7-16-8-3-14/h13H,2-12H2,1H3. The first-order chi connectivity index (χ1) is 8.84. The van der Waals surface area contributed by atoms with Crippen LogP contribution >= 0.6 is 0 Å². The third kappa shape index (κ3) is 5.20. The minimum absolute atomic E-state index is 0.309. The first kappa shape index (κ1) is 14.2. The SMILES string of the molecule is CC(CN1CCOCC1)OCCN1CCOCC1. The molecule has 106 valence electrons. The van der Waals surface area contributed by atoms with Gasteiger partial charge in [0.05, 0.1) is 39.1 Å². The molecule has 0 amide bonds. The van der Waals surface area contributed by atoms with E-state index in [1.165, 1.54) is 0 Å². The van der Waals surface area contributed by atoms with E-state index in [-0.39, 0.29) is 0 Å². The van der Waals surface area contributed by atoms with Gasteiger partial charge in [-0.1, -0.05) is 0 Å². The van der Waals surface area contributed by atoms with Crippen molar-refractivity contribution in [3.8, 4) is 0 Å². The van der Waals surface area contributed by atoms with E-state index < -0.39 is 0 Å². The van der Waals surface area contributed by atoms with Gasteiger partial charge in [-0.3, -0.25) is 9.80 Å². The molecule has 0 aromatic carbocycles. The molecule has 0 saturated carbocycles. The second kappa shape index (κ2) is 8.07. The van der Waals surface area contributed by atoms with E-state index >= 15 is 0 Å². The Morgan fingerprint density at radius 1 is 0.944 bits per heavy atom. The molecule has 0 N–H and O–H groups in total. The fourth-order valence-electron chi connectivity index (χ4n) is 2.41. The second-order valence-corrected chi connectivity index (χ2v) is 5.05. The predicted molar refractivity (Wildman–Crippen MR) is 69.9 cm³/mol. The third-order valence-electron chi connectivity index (χ3n) is 3.53. The fraction of sp³-hybridized carbons (Fsp3) is 1.00. The van der Waals surface area contributed by atoms with Crippen molar-refractivity contribution >= 4 is 0 Å². The topological polar surface area (TPSA) is 34.2 Å². The summed E-state index contributed by atoms with van der Waals surface area (Å²) in [5.41, 5.74) is 0. The van der Waals surface area contributed by atoms with Gasteiger partial charge in [0.15, 0.2) is 0 Å². The molecule has 18 heavy (non-hydrogen) atoms. The molecule has 5 nitrogen and oxygen atoms in total. The maximum absolute atomic E-state index is 5.88. The van der Waals surface area contributed by atoms with Gasteiger partial charge in [0.25, 0.3) is 0 Å². The largest absolute Gasteiger partial charge is 0.379 e. The zero-order valence-corrected chi connectivity index (χ0v) is 11.5. The van der Waals surface area contributed by atoms with Gasteiger partial charge >= 0.3 is 0 Å². The van der Waals surface area contributed by atoms with Crippen molar-refractivity contribution in [3.05, 3.63) is 0 Å². The van der Waals surface area contributed by atoms with Crippen LogP contribution in [0.25, 0.3) is 0 Å². The first-order valence-electron chi connectivity index (χ1n) is 7.06. The molecule has 0 spiro atoms. The summed E-state index contributed by atoms with van der Waals surface area (Å²) in [6.45, 7) is 12.6. The molecule has 5 heteroatoms. The summed E-state index contributed by atoms with van der Waals surface area (Å²) in [7, 11) is 0. The van der Waals surface area contributed by atoms with Crippen molar-refractivity contribution in [2.45, 2.75) is 13.0 Å². The summed E-state index contributed by atoms with van der Waals surface area (Å²) in [4.78, 5) is 4.83. The van der Waals surface area contributed by atoms with Crippen LogP contribution in [-0.4, -0.2) is 88.2 Å². The van der Waals surface area contributed by atoms with Crippen LogP contribution in [0.4, 0.5) is 0 Å². The van der Waals surface area contributed by atoms with E-state index in [0.717, 1.165) is 72.3 Å². The Bertz CT molecular complexity index is 216. The van der Waals surface area contributed by atoms with Gasteiger partial charge in [0.2, 0.25) is 0 Å². The molecule has 2 saturated heterocycles. The predicted octanol–water partition coefficient (Wildman–Crippen LogP) is 0.0559. The molecule has 2 heterocycles. The summed E-state index contributed by atoms with van der Waals surface area (Å²) in [5, 5.41) is 0. The van der Waals surface area contributed by atoms with Gasteiger partial charge in [-0.25, -0.2) is 0 Å². The zero-order chi connectivity index (χ0) is 12.6. The Morgan fingerprint density at radius 3 is 2.11 bits per heavy atom. The van der Waals surface area contributed by atoms with Gasteiger partial charge in [-0.15, -0.1) is 0 Å². The van der Waals surface area contributed by atoms with E-state index in [4.69, 9.17) is 14.2 Å². The molecule has 0 aromatic heterocycles. The minimum atomic E-state index is 0.309. The molecule has 2 fully saturated rings. The van der Waals surface area contributed by atoms with Crippen molar-refractivity contribution < 1.29 is 14.2 Å². The summed E-state index contributed by atoms with van der Waals surface area (Å²) < 4.78 is 16.5. The lowest BCUT2D eigenvalue weighted by Crippen LogP contribution is -2.42. The number of rotatable bonds is 6. The van der Waals surface area contributed by atoms with Crippen molar-refractivity contribution in [3.63, 3.8) is 0 Å². The van der Waals surface area contributed by atoms with E-state index in [2.05, 4.69) is 16.7 Å². The summed E-state index contributed by atoms with van der Waals surface area (Å²) in [5.74, 6) is 0. The number of ether oxygens (including phenoxy) is 3. The van der Waals surface area contributed by atoms with E-state index in [0.29, 0.717) is 6.10 Å². The van der Waals surface area contributed by atoms with Crippen molar-refractivity contribution in [1.82, 2.24) is 9.80 Å². The fourth-order valence-corrected chi connectivity index (χ4v) is 2.41. The molecule has 2 aliphatic heterocycles. The minimum Gasteiger partial charge on any atom is -0.379 e. The molecule has 0 radical (unpaired) electrons. The lowest BCUT2D eigenvalue weighted by Gasteiger charge is -2.30. The van der Waals surface area contributed by atoms with Crippen molar-refractivity contribution in [2.75, 3.05) is 72.3 Å². The van der Waals surface area contributed by atoms with E-state index in [1.807, 2.05) is 0 Å². The Hall–Kier alpha value is -0.200. The molecule has 1 atom stereocenters. The van der Waals surface area contributed by atoms with Crippen molar-refractivity contribution in [2.24, 2.45) is 0 Å². The average Bonchev–Trinajstić information content (AvgIpc) is 2.41. The zero-order valence-electron chi connectivity index (χ0n) is 11.5. The maximum atomic E-state index is 5.88. The Kier molecular flexibility index (Phi) is 6.37. The van der Waals surface area contributed by atoms with Gasteiger partial charge < -0.3 is 14.2 Å². The Morgan fingerprint density at radius 2 is 1.50 bits per heavy atom. The monoisotopic (exact) mass is 258 g/mol. The van der Waals surface area contributed by atoms with Gasteiger partial charge in [-0.05, 0) is 6.92 Å². The molecular formula is C13H26N2O3. The van der Waals surface area contributed by atoms with Crippen LogP contribution in [-0.2, 0) is 14.2 Å². The number of nitrogens with zero attached hydrogens (tertiary/aromatic N) is 2. The second-order valence-electron chi connectivity index (χ2n) is 5.05. The van der Waals surface area contributed by atoms with Crippen LogP contribution in [0.3, 0.4) is 0 Å². The van der Waals surface area contributed by atoms with Crippen LogP contribution in [0, 0.1) is 0 Å². The first-order valence-corrected chi connectivity index (χ1v) is 7.06. The normalized spacial score (nSPS) is 25.2. The molecule has 1 unspecified atom stereocenters. The number of hydrogen-bond acceptors (Lipinski definition) is 5. The highest BCUT2D eigenvalue weighted by Crippen LogP contribution is 2.02. The average molecular weight is 258 g/mol. The molecule has 0 aromatic rings. The molecule has 2 rings (SSSR count). The van der Waals surface area contributed by atoms with Gasteiger partial charge in [0.1, 0.15) is 0 Å². The van der Waals surface area contributed by atoms with Crippen molar-refractivity contribution in [1.29, 1.82) is 0 Å². The molecular weight excluding hydrogens is 232 g/mol. The van der Waals surface area contributed by atoms with Crippen LogP contribution in [0.1, 0.15) is 6.92 Å². The summed E-state index contributed by atoms with van der Waals surface area (Å²) in [6.07, 6.45) is 0.309. The summed E-state index contributed by atoms with van der Waals surface area (Å²) >= 11 is 0. The van der Waals surface area contributed by atoms with Crippen LogP contribution in [0.15, 0.2) is 0 Å². The van der Waals surface area contributed by atoms with Crippen LogP contribution in [0.2, 0.25) is 0 Å². The highest BCUT2D eigenvalue weighted by molar-refractivity contribution is 4.66. The van der Waals surface area contributed by atoms with E-state index in [1.54, 1.807) is 0 Å². The Labute approximate surface area is 110 Å². The highest BCUT2D eigenvalue weighted by Gasteiger charge is 2.15. The van der Waals surface area contributed by atoms with E-state index in [9.17, 15) is 0 Å². The number of hydrogen-bond donors (Lipinski definition) is 0. The molecule has 0 bridgehead atoms. The maximum Gasteiger partial charge on any atom is 0.0674 e. The van der Waals surface area contributed by atoms with Crippen LogP contribution in [0.5, 0.6) is 0 Å². The molecule has 0 aliphatic carbocycles. The lowest BCUT2D eigenvalue weighted by molar-refractivity contribution is -0.0198. The van der Waals surface area contributed by atoms with Crippen LogP contribution < -0.4 is 0 Å². The highest BCUT2D eigenvalue weighted by atomic mass is 16.5. The summed E-state index contributed by atoms with van der Waals surface area (Å²) in [6, 6.07) is 0. The molecule has 2 aliphatic rings. The lowest BCUT2D eigenvalue weighted by atomic mass is 10.3.